The van der Waals surface area contributed by atoms with Crippen LogP contribution in [-0.4, -0.2) is 23.5 Å². The number of benzene rings is 1. The third-order valence-corrected chi connectivity index (χ3v) is 1.91. The van der Waals surface area contributed by atoms with Crippen molar-refractivity contribution in [3.63, 3.8) is 0 Å². The van der Waals surface area contributed by atoms with Gasteiger partial charge in [0.05, 0.1) is 11.3 Å². The van der Waals surface area contributed by atoms with Crippen LogP contribution in [0.1, 0.15) is 17.3 Å². The molecule has 0 bridgehead atoms. The molecule has 0 amide bonds. The zero-order chi connectivity index (χ0) is 12.8. The Morgan fingerprint density at radius 3 is 2.65 bits per heavy atom. The summed E-state index contributed by atoms with van der Waals surface area (Å²) in [5, 5.41) is 2.72. The highest BCUT2D eigenvalue weighted by atomic mass is 32.1. The van der Waals surface area contributed by atoms with Gasteiger partial charge in [-0.3, -0.25) is 4.79 Å². The van der Waals surface area contributed by atoms with Crippen molar-refractivity contribution in [3.05, 3.63) is 29.8 Å². The summed E-state index contributed by atoms with van der Waals surface area (Å²) < 4.78 is 4.80. The summed E-state index contributed by atoms with van der Waals surface area (Å²) in [5.74, 6) is -0.822. The number of Topliss-reactive ketones (excluding diaryl/α,β-unsaturated/α-hetero) is 1. The van der Waals surface area contributed by atoms with E-state index >= 15 is 0 Å². The summed E-state index contributed by atoms with van der Waals surface area (Å²) in [4.78, 5) is 22.4. The van der Waals surface area contributed by atoms with Crippen LogP contribution in [0.3, 0.4) is 0 Å². The van der Waals surface area contributed by atoms with E-state index in [0.29, 0.717) is 5.69 Å². The second kappa shape index (κ2) is 5.95. The van der Waals surface area contributed by atoms with Crippen LogP contribution in [0.5, 0.6) is 0 Å². The molecule has 1 rings (SSSR count). The first-order valence-electron chi connectivity index (χ1n) is 4.82. The number of carbonyl (C=O) groups is 2. The molecule has 17 heavy (non-hydrogen) atoms. The predicted octanol–water partition coefficient (Wildman–Crippen LogP) is 1.09. The van der Waals surface area contributed by atoms with Crippen LogP contribution in [-0.2, 0) is 9.53 Å². The first-order valence-corrected chi connectivity index (χ1v) is 5.23. The number of anilines is 1. The van der Waals surface area contributed by atoms with Gasteiger partial charge in [-0.2, -0.15) is 0 Å². The lowest BCUT2D eigenvalue weighted by Gasteiger charge is -2.09. The molecule has 0 aliphatic heterocycles. The van der Waals surface area contributed by atoms with Crippen LogP contribution in [0.2, 0.25) is 0 Å². The van der Waals surface area contributed by atoms with Gasteiger partial charge < -0.3 is 15.8 Å². The second-order valence-corrected chi connectivity index (χ2v) is 3.75. The number of carbonyl (C=O) groups excluding carboxylic acids is 2. The van der Waals surface area contributed by atoms with E-state index < -0.39 is 5.97 Å². The average molecular weight is 252 g/mol. The summed E-state index contributed by atoms with van der Waals surface area (Å²) >= 11 is 4.69. The third kappa shape index (κ3) is 4.20. The number of para-hydroxylation sites is 1. The van der Waals surface area contributed by atoms with Gasteiger partial charge in [-0.05, 0) is 31.3 Å². The molecular weight excluding hydrogens is 240 g/mol. The molecule has 0 fully saturated rings. The zero-order valence-corrected chi connectivity index (χ0v) is 10.0. The van der Waals surface area contributed by atoms with Gasteiger partial charge in [-0.1, -0.05) is 12.1 Å². The van der Waals surface area contributed by atoms with Gasteiger partial charge in [0.15, 0.2) is 10.9 Å². The Morgan fingerprint density at radius 2 is 2.06 bits per heavy atom. The van der Waals surface area contributed by atoms with Crippen LogP contribution >= 0.6 is 12.2 Å². The molecule has 0 heterocycles. The molecule has 0 aliphatic rings. The van der Waals surface area contributed by atoms with Gasteiger partial charge in [0.25, 0.3) is 0 Å². The molecule has 0 atom stereocenters. The first kappa shape index (κ1) is 13.1. The van der Waals surface area contributed by atoms with Crippen LogP contribution in [0.4, 0.5) is 5.69 Å². The quantitative estimate of drug-likeness (QED) is 0.616. The molecular formula is C11H12N2O3S. The van der Waals surface area contributed by atoms with Crippen LogP contribution in [0, 0.1) is 0 Å². The summed E-state index contributed by atoms with van der Waals surface area (Å²) in [6.45, 7) is 1.09. The van der Waals surface area contributed by atoms with Gasteiger partial charge in [0.1, 0.15) is 6.61 Å². The van der Waals surface area contributed by atoms with Crippen LogP contribution in [0.15, 0.2) is 24.3 Å². The van der Waals surface area contributed by atoms with E-state index in [-0.39, 0.29) is 23.1 Å². The topological polar surface area (TPSA) is 81.4 Å². The van der Waals surface area contributed by atoms with E-state index in [1.807, 2.05) is 0 Å². The van der Waals surface area contributed by atoms with Gasteiger partial charge in [-0.25, -0.2) is 4.79 Å². The highest BCUT2D eigenvalue weighted by Gasteiger charge is 2.13. The maximum Gasteiger partial charge on any atom is 0.340 e. The fraction of sp³-hybridized carbons (Fsp3) is 0.182. The van der Waals surface area contributed by atoms with Gasteiger partial charge in [0.2, 0.25) is 0 Å². The minimum Gasteiger partial charge on any atom is -0.454 e. The van der Waals surface area contributed by atoms with Crippen LogP contribution < -0.4 is 11.1 Å². The first-order chi connectivity index (χ1) is 8.00. The maximum atomic E-state index is 11.7. The average Bonchev–Trinajstić information content (AvgIpc) is 2.25. The largest absolute Gasteiger partial charge is 0.454 e. The van der Waals surface area contributed by atoms with E-state index in [4.69, 9.17) is 22.7 Å². The summed E-state index contributed by atoms with van der Waals surface area (Å²) in [5.41, 5.74) is 6.06. The minimum absolute atomic E-state index is 0.0526. The standard InChI is InChI=1S/C11H12N2O3S/c1-7(14)6-16-10(15)8-4-2-3-5-9(8)13-11(12)17/h2-5H,6H2,1H3,(H3,12,13,17). The van der Waals surface area contributed by atoms with Crippen molar-refractivity contribution in [2.75, 3.05) is 11.9 Å². The number of rotatable bonds is 4. The number of hydrogen-bond donors (Lipinski definition) is 2. The van der Waals surface area contributed by atoms with Crippen molar-refractivity contribution in [1.29, 1.82) is 0 Å². The predicted molar refractivity (Wildman–Crippen MR) is 67.8 cm³/mol. The molecule has 0 spiro atoms. The number of esters is 1. The molecule has 90 valence electrons. The second-order valence-electron chi connectivity index (χ2n) is 3.31. The van der Waals surface area contributed by atoms with Crippen molar-refractivity contribution in [1.82, 2.24) is 0 Å². The molecule has 1 aromatic rings. The lowest BCUT2D eigenvalue weighted by molar-refractivity contribution is -0.120. The number of thiocarbonyl (C=S) groups is 1. The molecule has 3 N–H and O–H groups in total. The summed E-state index contributed by atoms with van der Waals surface area (Å²) in [6.07, 6.45) is 0. The molecule has 0 saturated heterocycles. The minimum atomic E-state index is -0.598. The number of ketones is 1. The summed E-state index contributed by atoms with van der Waals surface area (Å²) in [7, 11) is 0. The van der Waals surface area contributed by atoms with Crippen LogP contribution in [0.25, 0.3) is 0 Å². The fourth-order valence-corrected chi connectivity index (χ4v) is 1.26. The van der Waals surface area contributed by atoms with Gasteiger partial charge >= 0.3 is 5.97 Å². The van der Waals surface area contributed by atoms with Gasteiger partial charge in [0, 0.05) is 0 Å². The van der Waals surface area contributed by atoms with E-state index in [1.54, 1.807) is 24.3 Å². The molecule has 5 nitrogen and oxygen atoms in total. The van der Waals surface area contributed by atoms with Crippen molar-refractivity contribution in [3.8, 4) is 0 Å². The van der Waals surface area contributed by atoms with Crippen molar-refractivity contribution < 1.29 is 14.3 Å². The molecule has 0 saturated carbocycles. The Hall–Kier alpha value is -1.95. The van der Waals surface area contributed by atoms with Gasteiger partial charge in [-0.15, -0.1) is 0 Å². The zero-order valence-electron chi connectivity index (χ0n) is 9.23. The smallest absolute Gasteiger partial charge is 0.340 e. The molecule has 0 unspecified atom stereocenters. The SMILES string of the molecule is CC(=O)COC(=O)c1ccccc1NC(N)=S. The summed E-state index contributed by atoms with van der Waals surface area (Å²) in [6, 6.07) is 6.60. The Kier molecular flexibility index (Phi) is 4.59. The highest BCUT2D eigenvalue weighted by molar-refractivity contribution is 7.80. The lowest BCUT2D eigenvalue weighted by atomic mass is 10.2. The Labute approximate surface area is 104 Å². The highest BCUT2D eigenvalue weighted by Crippen LogP contribution is 2.15. The van der Waals surface area contributed by atoms with Crippen molar-refractivity contribution in [2.45, 2.75) is 6.92 Å². The molecule has 6 heteroatoms. The molecule has 1 aromatic carbocycles. The Morgan fingerprint density at radius 1 is 1.41 bits per heavy atom. The van der Waals surface area contributed by atoms with E-state index in [1.165, 1.54) is 6.92 Å². The Bertz CT molecular complexity index is 460. The Balaban J connectivity index is 2.85. The van der Waals surface area contributed by atoms with Crippen molar-refractivity contribution in [2.24, 2.45) is 5.73 Å². The molecule has 0 radical (unpaired) electrons. The number of ether oxygens (including phenoxy) is 1. The monoisotopic (exact) mass is 252 g/mol. The molecule has 0 aromatic heterocycles. The van der Waals surface area contributed by atoms with E-state index in [0.717, 1.165) is 0 Å². The third-order valence-electron chi connectivity index (χ3n) is 1.81. The van der Waals surface area contributed by atoms with E-state index in [2.05, 4.69) is 5.32 Å². The normalized spacial score (nSPS) is 9.47. The maximum absolute atomic E-state index is 11.7. The lowest BCUT2D eigenvalue weighted by Crippen LogP contribution is -2.21. The number of nitrogens with one attached hydrogen (secondary N) is 1. The number of nitrogens with two attached hydrogens (primary N) is 1. The van der Waals surface area contributed by atoms with E-state index in [9.17, 15) is 9.59 Å². The molecule has 0 aliphatic carbocycles. The van der Waals surface area contributed by atoms with Crippen molar-refractivity contribution >= 4 is 34.8 Å². The fourth-order valence-electron chi connectivity index (χ4n) is 1.15. The number of hydrogen-bond acceptors (Lipinski definition) is 4.